The molecule has 3 rings (SSSR count). The lowest BCUT2D eigenvalue weighted by Crippen LogP contribution is -2.30. The maximum atomic E-state index is 13.9. The van der Waals surface area contributed by atoms with Gasteiger partial charge in [-0.15, -0.1) is 0 Å². The SMILES string of the molecule is NC(=O)c1c(OCc2c(F)cc(Cl)c(F)c2F)nsc1NC(=O)NCCCn1ccnc1. The van der Waals surface area contributed by atoms with Gasteiger partial charge in [-0.25, -0.2) is 22.9 Å². The fourth-order valence-electron chi connectivity index (χ4n) is 2.58. The van der Waals surface area contributed by atoms with Gasteiger partial charge < -0.3 is 20.4 Å². The monoisotopic (exact) mass is 488 g/mol. The van der Waals surface area contributed by atoms with Crippen LogP contribution in [0.5, 0.6) is 5.88 Å². The lowest BCUT2D eigenvalue weighted by atomic mass is 10.2. The number of nitrogens with one attached hydrogen (secondary N) is 2. The summed E-state index contributed by atoms with van der Waals surface area (Å²) >= 11 is 6.06. The van der Waals surface area contributed by atoms with Gasteiger partial charge in [0.2, 0.25) is 5.88 Å². The molecule has 14 heteroatoms. The van der Waals surface area contributed by atoms with E-state index in [2.05, 4.69) is 20.0 Å². The summed E-state index contributed by atoms with van der Waals surface area (Å²) < 4.78 is 52.3. The van der Waals surface area contributed by atoms with Gasteiger partial charge in [0.05, 0.1) is 16.9 Å². The number of urea groups is 1. The Morgan fingerprint density at radius 2 is 2.06 bits per heavy atom. The Bertz CT molecular complexity index is 1130. The number of amides is 3. The summed E-state index contributed by atoms with van der Waals surface area (Å²) in [5, 5.41) is 4.28. The topological polar surface area (TPSA) is 124 Å². The van der Waals surface area contributed by atoms with Crippen LogP contribution in [0.2, 0.25) is 5.02 Å². The molecule has 0 fully saturated rings. The first-order valence-electron chi connectivity index (χ1n) is 9.02. The highest BCUT2D eigenvalue weighted by Crippen LogP contribution is 2.31. The Labute approximate surface area is 188 Å². The second kappa shape index (κ2) is 10.3. The summed E-state index contributed by atoms with van der Waals surface area (Å²) in [6.07, 6.45) is 5.70. The zero-order chi connectivity index (χ0) is 23.3. The Morgan fingerprint density at radius 1 is 1.28 bits per heavy atom. The quantitative estimate of drug-likeness (QED) is 0.242. The summed E-state index contributed by atoms with van der Waals surface area (Å²) in [7, 11) is 0. The molecule has 170 valence electrons. The van der Waals surface area contributed by atoms with Crippen molar-refractivity contribution >= 4 is 40.1 Å². The number of rotatable bonds is 9. The molecule has 0 saturated carbocycles. The summed E-state index contributed by atoms with van der Waals surface area (Å²) in [6.45, 7) is 0.179. The van der Waals surface area contributed by atoms with E-state index < -0.39 is 46.6 Å². The van der Waals surface area contributed by atoms with E-state index in [1.54, 1.807) is 18.7 Å². The number of aryl methyl sites for hydroxylation is 1. The summed E-state index contributed by atoms with van der Waals surface area (Å²) in [4.78, 5) is 27.8. The first-order valence-corrected chi connectivity index (χ1v) is 10.2. The Balaban J connectivity index is 1.62. The summed E-state index contributed by atoms with van der Waals surface area (Å²) in [6, 6.07) is -0.0241. The molecule has 0 unspecified atom stereocenters. The van der Waals surface area contributed by atoms with Crippen molar-refractivity contribution in [3.63, 3.8) is 0 Å². The predicted molar refractivity (Wildman–Crippen MR) is 110 cm³/mol. The molecule has 0 saturated heterocycles. The number of anilines is 1. The first-order chi connectivity index (χ1) is 15.3. The zero-order valence-electron chi connectivity index (χ0n) is 16.2. The van der Waals surface area contributed by atoms with E-state index in [4.69, 9.17) is 22.1 Å². The van der Waals surface area contributed by atoms with Crippen molar-refractivity contribution in [2.45, 2.75) is 19.6 Å². The number of benzene rings is 1. The molecule has 32 heavy (non-hydrogen) atoms. The average Bonchev–Trinajstić information content (AvgIpc) is 3.39. The molecule has 0 spiro atoms. The smallest absolute Gasteiger partial charge is 0.319 e. The van der Waals surface area contributed by atoms with E-state index in [9.17, 15) is 22.8 Å². The highest BCUT2D eigenvalue weighted by Gasteiger charge is 2.24. The average molecular weight is 489 g/mol. The van der Waals surface area contributed by atoms with Crippen molar-refractivity contribution in [3.8, 4) is 5.88 Å². The van der Waals surface area contributed by atoms with Crippen LogP contribution in [0.25, 0.3) is 0 Å². The summed E-state index contributed by atoms with van der Waals surface area (Å²) in [5.41, 5.74) is 4.28. The molecule has 0 bridgehead atoms. The second-order valence-corrected chi connectivity index (χ2v) is 7.51. The molecular weight excluding hydrogens is 473 g/mol. The molecule has 2 aromatic heterocycles. The van der Waals surface area contributed by atoms with Gasteiger partial charge in [0.15, 0.2) is 11.6 Å². The molecule has 3 aromatic rings. The third kappa shape index (κ3) is 5.48. The number of aromatic nitrogens is 3. The van der Waals surface area contributed by atoms with Crippen LogP contribution < -0.4 is 21.1 Å². The van der Waals surface area contributed by atoms with Crippen molar-refractivity contribution in [2.75, 3.05) is 11.9 Å². The molecule has 3 amide bonds. The second-order valence-electron chi connectivity index (χ2n) is 6.33. The lowest BCUT2D eigenvalue weighted by molar-refractivity contribution is 0.0996. The van der Waals surface area contributed by atoms with Gasteiger partial charge >= 0.3 is 6.03 Å². The minimum absolute atomic E-state index is 0.0251. The van der Waals surface area contributed by atoms with Gasteiger partial charge in [-0.05, 0) is 24.0 Å². The highest BCUT2D eigenvalue weighted by atomic mass is 35.5. The summed E-state index contributed by atoms with van der Waals surface area (Å²) in [5.74, 6) is -5.47. The fourth-order valence-corrected chi connectivity index (χ4v) is 3.50. The van der Waals surface area contributed by atoms with Gasteiger partial charge in [-0.3, -0.25) is 10.1 Å². The number of imidazole rings is 1. The van der Waals surface area contributed by atoms with Crippen LogP contribution in [0.1, 0.15) is 22.3 Å². The van der Waals surface area contributed by atoms with Crippen molar-refractivity contribution in [1.82, 2.24) is 19.2 Å². The standard InChI is InChI=1S/C18H16ClF3N6O3S/c19-10-6-11(20)9(13(21)14(10)22)7-31-16-12(15(23)29)17(32-27-16)26-18(30)25-2-1-4-28-5-3-24-8-28/h3,5-6,8H,1-2,4,7H2,(H2,23,29)(H2,25,26,30). The first kappa shape index (κ1) is 23.3. The lowest BCUT2D eigenvalue weighted by Gasteiger charge is -2.09. The molecule has 0 radical (unpaired) electrons. The maximum Gasteiger partial charge on any atom is 0.319 e. The number of hydrogen-bond acceptors (Lipinski definition) is 6. The number of halogens is 4. The van der Waals surface area contributed by atoms with Gasteiger partial charge in [-0.1, -0.05) is 11.6 Å². The van der Waals surface area contributed by atoms with E-state index in [0.29, 0.717) is 37.1 Å². The zero-order valence-corrected chi connectivity index (χ0v) is 17.8. The molecule has 2 heterocycles. The van der Waals surface area contributed by atoms with Gasteiger partial charge in [0.25, 0.3) is 5.91 Å². The molecule has 9 nitrogen and oxygen atoms in total. The molecule has 1 aromatic carbocycles. The van der Waals surface area contributed by atoms with Crippen LogP contribution in [-0.2, 0) is 13.2 Å². The third-order valence-electron chi connectivity index (χ3n) is 4.13. The van der Waals surface area contributed by atoms with Crippen LogP contribution in [-0.4, -0.2) is 32.4 Å². The number of carbonyl (C=O) groups is 2. The van der Waals surface area contributed by atoms with Crippen LogP contribution in [0, 0.1) is 17.5 Å². The van der Waals surface area contributed by atoms with Gasteiger partial charge in [0, 0.05) is 25.5 Å². The molecule has 0 aliphatic carbocycles. The maximum absolute atomic E-state index is 13.9. The fraction of sp³-hybridized carbons (Fsp3) is 0.222. The van der Waals surface area contributed by atoms with E-state index in [1.165, 1.54) is 0 Å². The predicted octanol–water partition coefficient (Wildman–Crippen LogP) is 3.30. The van der Waals surface area contributed by atoms with E-state index >= 15 is 0 Å². The van der Waals surface area contributed by atoms with Crippen LogP contribution in [0.4, 0.5) is 23.0 Å². The minimum Gasteiger partial charge on any atom is -0.471 e. The molecular formula is C18H16ClF3N6O3S. The minimum atomic E-state index is -1.53. The van der Waals surface area contributed by atoms with Crippen LogP contribution >= 0.6 is 23.1 Å². The van der Waals surface area contributed by atoms with E-state index in [1.807, 2.05) is 4.57 Å². The van der Waals surface area contributed by atoms with Gasteiger partial charge in [-0.2, -0.15) is 4.37 Å². The molecule has 0 aliphatic heterocycles. The van der Waals surface area contributed by atoms with Crippen LogP contribution in [0.15, 0.2) is 24.8 Å². The molecule has 0 atom stereocenters. The molecule has 0 aliphatic rings. The van der Waals surface area contributed by atoms with Crippen molar-refractivity contribution in [2.24, 2.45) is 5.73 Å². The Hall–Kier alpha value is -3.32. The number of hydrogen-bond donors (Lipinski definition) is 3. The van der Waals surface area contributed by atoms with Gasteiger partial charge in [0.1, 0.15) is 23.0 Å². The Morgan fingerprint density at radius 3 is 2.75 bits per heavy atom. The van der Waals surface area contributed by atoms with Crippen molar-refractivity contribution in [1.29, 1.82) is 0 Å². The number of ether oxygens (including phenoxy) is 1. The third-order valence-corrected chi connectivity index (χ3v) is 5.16. The highest BCUT2D eigenvalue weighted by molar-refractivity contribution is 7.11. The number of carbonyl (C=O) groups excluding carboxylic acids is 2. The van der Waals surface area contributed by atoms with Crippen molar-refractivity contribution < 1.29 is 27.5 Å². The molecule has 4 N–H and O–H groups in total. The normalized spacial score (nSPS) is 10.8. The Kier molecular flexibility index (Phi) is 7.53. The number of nitrogens with two attached hydrogens (primary N) is 1. The number of primary amides is 1. The van der Waals surface area contributed by atoms with Crippen LogP contribution in [0.3, 0.4) is 0 Å². The van der Waals surface area contributed by atoms with E-state index in [0.717, 1.165) is 0 Å². The van der Waals surface area contributed by atoms with Crippen molar-refractivity contribution in [3.05, 3.63) is 58.4 Å². The largest absolute Gasteiger partial charge is 0.471 e. The van der Waals surface area contributed by atoms with E-state index in [-0.39, 0.29) is 16.4 Å². The number of nitrogens with zero attached hydrogens (tertiary/aromatic N) is 3.